The Bertz CT molecular complexity index is 1470. The molecule has 3 aromatic carbocycles. The second-order valence-corrected chi connectivity index (χ2v) is 10.5. The van der Waals surface area contributed by atoms with Gasteiger partial charge in [0, 0.05) is 20.5 Å². The maximum Gasteiger partial charge on any atom is 0.134 e. The van der Waals surface area contributed by atoms with Gasteiger partial charge in [0.05, 0.1) is 20.0 Å². The van der Waals surface area contributed by atoms with Gasteiger partial charge in [-0.3, -0.25) is 0 Å². The largest absolute Gasteiger partial charge is 0.235 e. The molecule has 30 heavy (non-hydrogen) atoms. The van der Waals surface area contributed by atoms with Crippen molar-refractivity contribution in [2.45, 2.75) is 6.92 Å². The number of para-hydroxylation sites is 1. The Morgan fingerprint density at radius 2 is 1.30 bits per heavy atom. The van der Waals surface area contributed by atoms with Crippen molar-refractivity contribution >= 4 is 55.0 Å². The van der Waals surface area contributed by atoms with Gasteiger partial charge in [-0.2, -0.15) is 0 Å². The van der Waals surface area contributed by atoms with Gasteiger partial charge in [-0.15, -0.1) is 34.0 Å². The van der Waals surface area contributed by atoms with E-state index in [1.54, 1.807) is 11.3 Å². The van der Waals surface area contributed by atoms with Crippen molar-refractivity contribution in [3.05, 3.63) is 90.5 Å². The first kappa shape index (κ1) is 18.0. The van der Waals surface area contributed by atoms with Crippen molar-refractivity contribution in [2.24, 2.45) is 0 Å². The predicted octanol–water partition coefficient (Wildman–Crippen LogP) is 8.88. The van der Waals surface area contributed by atoms with Crippen LogP contribution >= 0.6 is 34.0 Å². The number of rotatable bonds is 3. The van der Waals surface area contributed by atoms with Gasteiger partial charge >= 0.3 is 0 Å². The summed E-state index contributed by atoms with van der Waals surface area (Å²) < 4.78 is 1.24. The van der Waals surface area contributed by atoms with E-state index in [9.17, 15) is 0 Å². The Morgan fingerprint density at radius 1 is 0.600 bits per heavy atom. The number of fused-ring (bicyclic) bond motifs is 2. The van der Waals surface area contributed by atoms with E-state index in [0.717, 1.165) is 10.5 Å². The first-order valence-electron chi connectivity index (χ1n) is 9.81. The zero-order valence-electron chi connectivity index (χ0n) is 16.3. The highest BCUT2D eigenvalue weighted by Crippen LogP contribution is 2.47. The van der Waals surface area contributed by atoms with Gasteiger partial charge in [0.15, 0.2) is 0 Å². The fourth-order valence-corrected chi connectivity index (χ4v) is 7.18. The highest BCUT2D eigenvalue weighted by molar-refractivity contribution is 7.29. The van der Waals surface area contributed by atoms with E-state index in [0.29, 0.717) is 0 Å². The number of aromatic nitrogens is 1. The summed E-state index contributed by atoms with van der Waals surface area (Å²) in [5, 5.41) is 3.76. The summed E-state index contributed by atoms with van der Waals surface area (Å²) in [6, 6.07) is 30.5. The van der Waals surface area contributed by atoms with E-state index >= 15 is 0 Å². The Labute approximate surface area is 186 Å². The molecule has 144 valence electrons. The van der Waals surface area contributed by atoms with Crippen LogP contribution in [0.1, 0.15) is 5.56 Å². The minimum Gasteiger partial charge on any atom is -0.235 e. The van der Waals surface area contributed by atoms with Gasteiger partial charge in [-0.1, -0.05) is 66.2 Å². The molecule has 3 heterocycles. The van der Waals surface area contributed by atoms with Crippen LogP contribution in [0.3, 0.4) is 0 Å². The van der Waals surface area contributed by atoms with Crippen LogP contribution in [-0.2, 0) is 0 Å². The maximum atomic E-state index is 4.85. The fourth-order valence-electron chi connectivity index (χ4n) is 3.75. The molecule has 3 aromatic heterocycles. The van der Waals surface area contributed by atoms with E-state index in [2.05, 4.69) is 91.9 Å². The summed E-state index contributed by atoms with van der Waals surface area (Å²) in [7, 11) is 0. The zero-order valence-corrected chi connectivity index (χ0v) is 18.7. The second kappa shape index (κ2) is 7.17. The first-order valence-corrected chi connectivity index (χ1v) is 12.3. The topological polar surface area (TPSA) is 12.9 Å². The molecule has 0 fully saturated rings. The molecule has 0 aliphatic carbocycles. The Balaban J connectivity index is 1.48. The van der Waals surface area contributed by atoms with Crippen LogP contribution in [0.4, 0.5) is 0 Å². The average Bonchev–Trinajstić information content (AvgIpc) is 3.50. The van der Waals surface area contributed by atoms with Gasteiger partial charge < -0.3 is 0 Å². The molecule has 0 radical (unpaired) electrons. The lowest BCUT2D eigenvalue weighted by Gasteiger charge is -1.99. The standard InChI is InChI=1S/C26H17NS3/c1-16-10-12-17(13-11-16)24-18-6-2-3-7-19(18)25(30-24)22-14-15-23(28-22)26-27-20-8-4-5-9-21(20)29-26/h2-15H,1H3. The number of thiazole rings is 1. The quantitative estimate of drug-likeness (QED) is 0.268. The molecule has 0 aliphatic heterocycles. The van der Waals surface area contributed by atoms with E-state index in [-0.39, 0.29) is 0 Å². The molecule has 0 unspecified atom stereocenters. The van der Waals surface area contributed by atoms with E-state index in [1.165, 1.54) is 46.1 Å². The van der Waals surface area contributed by atoms with Crippen molar-refractivity contribution < 1.29 is 0 Å². The summed E-state index contributed by atoms with van der Waals surface area (Å²) in [6.07, 6.45) is 0. The highest BCUT2D eigenvalue weighted by Gasteiger charge is 2.16. The zero-order chi connectivity index (χ0) is 20.1. The van der Waals surface area contributed by atoms with Crippen molar-refractivity contribution in [1.82, 2.24) is 4.98 Å². The third-order valence-corrected chi connectivity index (χ3v) is 9.01. The molecule has 0 bridgehead atoms. The third-order valence-electron chi connectivity index (χ3n) is 5.27. The van der Waals surface area contributed by atoms with Crippen molar-refractivity contribution in [3.63, 3.8) is 0 Å². The maximum absolute atomic E-state index is 4.85. The van der Waals surface area contributed by atoms with Gasteiger partial charge in [-0.05, 0) is 36.8 Å². The molecule has 1 nitrogen and oxygen atoms in total. The highest BCUT2D eigenvalue weighted by atomic mass is 32.1. The van der Waals surface area contributed by atoms with Crippen molar-refractivity contribution in [1.29, 1.82) is 0 Å². The summed E-state index contributed by atoms with van der Waals surface area (Å²) in [5.74, 6) is 0. The third kappa shape index (κ3) is 3.00. The van der Waals surface area contributed by atoms with Gasteiger partial charge in [-0.25, -0.2) is 4.98 Å². The van der Waals surface area contributed by atoms with Crippen LogP contribution in [0.15, 0.2) is 84.9 Å². The van der Waals surface area contributed by atoms with Gasteiger partial charge in [0.2, 0.25) is 0 Å². The van der Waals surface area contributed by atoms with Crippen molar-refractivity contribution in [3.8, 4) is 30.1 Å². The predicted molar refractivity (Wildman–Crippen MR) is 134 cm³/mol. The minimum absolute atomic E-state index is 1.08. The summed E-state index contributed by atoms with van der Waals surface area (Å²) in [4.78, 5) is 10.1. The number of benzene rings is 3. The van der Waals surface area contributed by atoms with Crippen LogP contribution < -0.4 is 0 Å². The Hall–Kier alpha value is -2.79. The van der Waals surface area contributed by atoms with Crippen molar-refractivity contribution in [2.75, 3.05) is 0 Å². The lowest BCUT2D eigenvalue weighted by atomic mass is 10.1. The smallest absolute Gasteiger partial charge is 0.134 e. The van der Waals surface area contributed by atoms with E-state index in [4.69, 9.17) is 4.98 Å². The first-order chi connectivity index (χ1) is 14.8. The van der Waals surface area contributed by atoms with Gasteiger partial charge in [0.25, 0.3) is 0 Å². The molecular weight excluding hydrogens is 422 g/mol. The normalized spacial score (nSPS) is 11.5. The summed E-state index contributed by atoms with van der Waals surface area (Å²) in [6.45, 7) is 2.14. The number of aryl methyl sites for hydroxylation is 1. The lowest BCUT2D eigenvalue weighted by molar-refractivity contribution is 1.48. The average molecular weight is 440 g/mol. The van der Waals surface area contributed by atoms with E-state index < -0.39 is 0 Å². The molecule has 0 atom stereocenters. The Morgan fingerprint density at radius 3 is 2.10 bits per heavy atom. The molecule has 0 spiro atoms. The molecule has 0 N–H and O–H groups in total. The number of thiophene rings is 2. The molecular formula is C26H17NS3. The van der Waals surface area contributed by atoms with Crippen LogP contribution in [0.25, 0.3) is 51.1 Å². The number of hydrogen-bond donors (Lipinski definition) is 0. The number of nitrogens with zero attached hydrogens (tertiary/aromatic N) is 1. The molecule has 0 saturated heterocycles. The molecule has 4 heteroatoms. The van der Waals surface area contributed by atoms with E-state index in [1.807, 2.05) is 22.7 Å². The lowest BCUT2D eigenvalue weighted by Crippen LogP contribution is -1.75. The second-order valence-electron chi connectivity index (χ2n) is 7.32. The molecule has 0 saturated carbocycles. The summed E-state index contributed by atoms with van der Waals surface area (Å²) in [5.41, 5.74) is 3.66. The monoisotopic (exact) mass is 439 g/mol. The molecule has 0 amide bonds. The van der Waals surface area contributed by atoms with Crippen LogP contribution in [-0.4, -0.2) is 4.98 Å². The van der Waals surface area contributed by atoms with Gasteiger partial charge in [0.1, 0.15) is 5.01 Å². The van der Waals surface area contributed by atoms with Crippen LogP contribution in [0.2, 0.25) is 0 Å². The van der Waals surface area contributed by atoms with Crippen LogP contribution in [0, 0.1) is 6.92 Å². The fraction of sp³-hybridized carbons (Fsp3) is 0.0385. The minimum atomic E-state index is 1.08. The number of hydrogen-bond acceptors (Lipinski definition) is 4. The summed E-state index contributed by atoms with van der Waals surface area (Å²) >= 11 is 5.50. The molecule has 0 aliphatic rings. The van der Waals surface area contributed by atoms with Crippen LogP contribution in [0.5, 0.6) is 0 Å². The Kier molecular flexibility index (Phi) is 4.30. The SMILES string of the molecule is Cc1ccc(-c2sc(-c3ccc(-c4nc5ccccc5s4)s3)c3ccccc23)cc1. The molecule has 6 aromatic rings. The molecule has 6 rings (SSSR count).